The topological polar surface area (TPSA) is 86.8 Å². The van der Waals surface area contributed by atoms with E-state index in [-0.39, 0.29) is 34.7 Å². The number of rotatable bonds is 12. The number of sulfonamides is 1. The molecular formula is C30H32Cl2F3N3O4S. The smallest absolute Gasteiger partial charge is 0.352 e. The lowest BCUT2D eigenvalue weighted by atomic mass is 10.0. The second-order valence-corrected chi connectivity index (χ2v) is 12.8. The first-order chi connectivity index (χ1) is 20.1. The van der Waals surface area contributed by atoms with Crippen molar-refractivity contribution in [2.75, 3.05) is 17.1 Å². The number of carbonyl (C=O) groups excluding carboxylic acids is 2. The van der Waals surface area contributed by atoms with Gasteiger partial charge in [0.05, 0.1) is 27.6 Å². The quantitative estimate of drug-likeness (QED) is 0.247. The number of nitrogens with one attached hydrogen (secondary N) is 1. The fraction of sp³-hybridized carbons (Fsp3) is 0.333. The highest BCUT2D eigenvalue weighted by atomic mass is 35.5. The average molecular weight is 659 g/mol. The van der Waals surface area contributed by atoms with Crippen LogP contribution in [0.3, 0.4) is 0 Å². The summed E-state index contributed by atoms with van der Waals surface area (Å²) in [5.74, 6) is -1.29. The summed E-state index contributed by atoms with van der Waals surface area (Å²) in [4.78, 5) is 29.0. The van der Waals surface area contributed by atoms with Crippen molar-refractivity contribution in [3.8, 4) is 0 Å². The van der Waals surface area contributed by atoms with E-state index in [2.05, 4.69) is 5.32 Å². The van der Waals surface area contributed by atoms with E-state index in [0.717, 1.165) is 24.0 Å². The van der Waals surface area contributed by atoms with Crippen molar-refractivity contribution >= 4 is 50.7 Å². The third-order valence-corrected chi connectivity index (χ3v) is 8.63. The van der Waals surface area contributed by atoms with Crippen LogP contribution in [0, 0.1) is 0 Å². The third-order valence-electron chi connectivity index (χ3n) is 6.75. The number of anilines is 1. The van der Waals surface area contributed by atoms with Crippen molar-refractivity contribution in [1.29, 1.82) is 0 Å². The van der Waals surface area contributed by atoms with Gasteiger partial charge in [-0.2, -0.15) is 13.2 Å². The Kier molecular flexibility index (Phi) is 11.5. The Hall–Kier alpha value is -3.28. The van der Waals surface area contributed by atoms with Gasteiger partial charge in [0.1, 0.15) is 12.6 Å². The van der Waals surface area contributed by atoms with Gasteiger partial charge in [0.25, 0.3) is 0 Å². The SMILES string of the molecule is CC[C@H](C)NC(=O)[C@@H](Cc1ccccc1)N(Cc1ccc(Cl)c(Cl)c1)C(=O)CN(c1cccc(C(F)(F)F)c1)S(C)(=O)=O. The molecule has 43 heavy (non-hydrogen) atoms. The second kappa shape index (κ2) is 14.5. The largest absolute Gasteiger partial charge is 0.416 e. The lowest BCUT2D eigenvalue weighted by molar-refractivity contribution is -0.140. The van der Waals surface area contributed by atoms with Crippen LogP contribution >= 0.6 is 23.2 Å². The number of alkyl halides is 3. The zero-order chi connectivity index (χ0) is 31.9. The molecule has 0 unspecified atom stereocenters. The zero-order valence-electron chi connectivity index (χ0n) is 23.7. The van der Waals surface area contributed by atoms with Gasteiger partial charge in [-0.1, -0.05) is 72.6 Å². The first-order valence-corrected chi connectivity index (χ1v) is 15.9. The lowest BCUT2D eigenvalue weighted by Gasteiger charge is -2.34. The van der Waals surface area contributed by atoms with Crippen LogP contribution in [0.4, 0.5) is 18.9 Å². The molecular weight excluding hydrogens is 626 g/mol. The molecule has 1 N–H and O–H groups in total. The second-order valence-electron chi connectivity index (χ2n) is 10.1. The van der Waals surface area contributed by atoms with Crippen molar-refractivity contribution in [3.63, 3.8) is 0 Å². The highest BCUT2D eigenvalue weighted by Gasteiger charge is 2.35. The van der Waals surface area contributed by atoms with Gasteiger partial charge in [-0.15, -0.1) is 0 Å². The van der Waals surface area contributed by atoms with E-state index in [4.69, 9.17) is 23.2 Å². The molecule has 0 aromatic heterocycles. The number of benzene rings is 3. The van der Waals surface area contributed by atoms with Crippen molar-refractivity contribution < 1.29 is 31.2 Å². The molecule has 3 aromatic rings. The maximum atomic E-state index is 14.1. The molecule has 0 bridgehead atoms. The van der Waals surface area contributed by atoms with Crippen LogP contribution in [0.15, 0.2) is 72.8 Å². The Bertz CT molecular complexity index is 1540. The summed E-state index contributed by atoms with van der Waals surface area (Å²) in [7, 11) is -4.24. The number of hydrogen-bond donors (Lipinski definition) is 1. The Morgan fingerprint density at radius 1 is 0.930 bits per heavy atom. The Labute approximate surface area is 259 Å². The molecule has 0 aliphatic rings. The van der Waals surface area contributed by atoms with Gasteiger partial charge >= 0.3 is 6.18 Å². The van der Waals surface area contributed by atoms with Crippen molar-refractivity contribution in [3.05, 3.63) is 99.5 Å². The normalized spacial score (nSPS) is 13.2. The van der Waals surface area contributed by atoms with Gasteiger partial charge in [0, 0.05) is 19.0 Å². The highest BCUT2D eigenvalue weighted by Crippen LogP contribution is 2.32. The van der Waals surface area contributed by atoms with Gasteiger partial charge in [-0.3, -0.25) is 13.9 Å². The molecule has 7 nitrogen and oxygen atoms in total. The molecule has 0 radical (unpaired) electrons. The molecule has 3 rings (SSSR count). The van der Waals surface area contributed by atoms with Crippen molar-refractivity contribution in [2.45, 2.75) is 51.5 Å². The van der Waals surface area contributed by atoms with E-state index in [0.29, 0.717) is 22.4 Å². The Morgan fingerprint density at radius 2 is 1.60 bits per heavy atom. The predicted octanol–water partition coefficient (Wildman–Crippen LogP) is 6.33. The summed E-state index contributed by atoms with van der Waals surface area (Å²) >= 11 is 12.3. The maximum absolute atomic E-state index is 14.1. The fourth-order valence-corrected chi connectivity index (χ4v) is 5.44. The van der Waals surface area contributed by atoms with Gasteiger partial charge < -0.3 is 10.2 Å². The van der Waals surface area contributed by atoms with Crippen molar-refractivity contribution in [1.82, 2.24) is 10.2 Å². The standard InChI is InChI=1S/C30H32Cl2F3N3O4S/c1-4-20(2)36-29(40)27(16-21-9-6-5-7-10-21)37(18-22-13-14-25(31)26(32)15-22)28(39)19-38(43(3,41)42)24-12-8-11-23(17-24)30(33,34)35/h5-15,17,20,27H,4,16,18-19H2,1-3H3,(H,36,40)/t20-,27+/m0/s1. The third kappa shape index (κ3) is 9.61. The monoisotopic (exact) mass is 657 g/mol. The molecule has 232 valence electrons. The van der Waals surface area contributed by atoms with Crippen LogP contribution in [0.25, 0.3) is 0 Å². The van der Waals surface area contributed by atoms with E-state index in [1.807, 2.05) is 13.8 Å². The molecule has 13 heteroatoms. The van der Waals surface area contributed by atoms with Gasteiger partial charge in [0.2, 0.25) is 21.8 Å². The van der Waals surface area contributed by atoms with Crippen LogP contribution in [0.2, 0.25) is 10.0 Å². The van der Waals surface area contributed by atoms with Gasteiger partial charge in [0.15, 0.2) is 0 Å². The molecule has 0 heterocycles. The van der Waals surface area contributed by atoms with E-state index in [9.17, 15) is 31.2 Å². The van der Waals surface area contributed by atoms with Crippen LogP contribution in [-0.4, -0.2) is 50.0 Å². The van der Waals surface area contributed by atoms with E-state index in [1.165, 1.54) is 23.1 Å². The van der Waals surface area contributed by atoms with E-state index >= 15 is 0 Å². The van der Waals surface area contributed by atoms with Crippen LogP contribution in [-0.2, 0) is 38.8 Å². The van der Waals surface area contributed by atoms with Crippen LogP contribution in [0.5, 0.6) is 0 Å². The molecule has 2 amide bonds. The first-order valence-electron chi connectivity index (χ1n) is 13.3. The number of halogens is 5. The predicted molar refractivity (Wildman–Crippen MR) is 162 cm³/mol. The minimum absolute atomic E-state index is 0.0819. The summed E-state index contributed by atoms with van der Waals surface area (Å²) < 4.78 is 66.6. The average Bonchev–Trinajstić information content (AvgIpc) is 2.94. The van der Waals surface area contributed by atoms with Crippen LogP contribution < -0.4 is 9.62 Å². The summed E-state index contributed by atoms with van der Waals surface area (Å²) in [5.41, 5.74) is -0.184. The van der Waals surface area contributed by atoms with Crippen LogP contribution in [0.1, 0.15) is 37.0 Å². The Balaban J connectivity index is 2.11. The summed E-state index contributed by atoms with van der Waals surface area (Å²) in [6.07, 6.45) is -3.25. The Morgan fingerprint density at radius 3 is 2.19 bits per heavy atom. The summed E-state index contributed by atoms with van der Waals surface area (Å²) in [6.45, 7) is 2.67. The molecule has 0 aliphatic heterocycles. The maximum Gasteiger partial charge on any atom is 0.416 e. The molecule has 0 spiro atoms. The number of hydrogen-bond acceptors (Lipinski definition) is 4. The minimum atomic E-state index is -4.74. The van der Waals surface area contributed by atoms with E-state index in [1.54, 1.807) is 36.4 Å². The van der Waals surface area contributed by atoms with Crippen molar-refractivity contribution in [2.24, 2.45) is 0 Å². The minimum Gasteiger partial charge on any atom is -0.352 e. The van der Waals surface area contributed by atoms with Gasteiger partial charge in [-0.05, 0) is 54.8 Å². The summed E-state index contributed by atoms with van der Waals surface area (Å²) in [6, 6.07) is 16.0. The zero-order valence-corrected chi connectivity index (χ0v) is 26.1. The highest BCUT2D eigenvalue weighted by molar-refractivity contribution is 7.92. The van der Waals surface area contributed by atoms with E-state index < -0.39 is 46.2 Å². The lowest BCUT2D eigenvalue weighted by Crippen LogP contribution is -2.54. The molecule has 0 saturated heterocycles. The molecule has 0 fully saturated rings. The fourth-order valence-electron chi connectivity index (χ4n) is 4.28. The molecule has 3 aromatic carbocycles. The first kappa shape index (κ1) is 34.2. The van der Waals surface area contributed by atoms with Gasteiger partial charge in [-0.25, -0.2) is 8.42 Å². The molecule has 0 saturated carbocycles. The molecule has 0 aliphatic carbocycles. The summed E-state index contributed by atoms with van der Waals surface area (Å²) in [5, 5.41) is 3.37. The number of amides is 2. The number of nitrogens with zero attached hydrogens (tertiary/aromatic N) is 2. The molecule has 2 atom stereocenters. The number of carbonyl (C=O) groups is 2.